The number of Topliss-reactive ketones (excluding diaryl/α,β-unsaturated/α-hetero) is 1. The Hall–Kier alpha value is -4.25. The number of fused-ring (bicyclic) bond motifs is 1. The van der Waals surface area contributed by atoms with Gasteiger partial charge in [0, 0.05) is 56.6 Å². The van der Waals surface area contributed by atoms with Crippen molar-refractivity contribution in [2.45, 2.75) is 26.2 Å². The van der Waals surface area contributed by atoms with Gasteiger partial charge < -0.3 is 25.2 Å². The van der Waals surface area contributed by atoms with E-state index in [1.807, 2.05) is 32.1 Å². The highest BCUT2D eigenvalue weighted by molar-refractivity contribution is 6.02. The molecule has 4 rings (SSSR count). The number of hydrogen-bond acceptors (Lipinski definition) is 9. The van der Waals surface area contributed by atoms with Crippen LogP contribution in [0.2, 0.25) is 0 Å². The van der Waals surface area contributed by atoms with Crippen LogP contribution in [0.5, 0.6) is 5.75 Å². The van der Waals surface area contributed by atoms with Crippen LogP contribution < -0.4 is 20.3 Å². The summed E-state index contributed by atoms with van der Waals surface area (Å²) in [6.45, 7) is 6.67. The van der Waals surface area contributed by atoms with E-state index in [1.54, 1.807) is 30.1 Å². The van der Waals surface area contributed by atoms with Gasteiger partial charge in [0.2, 0.25) is 11.9 Å². The number of likely N-dealkylation sites (N-methyl/N-ethyl adjacent to an activating group) is 2. The molecular weight excluding hydrogens is 484 g/mol. The van der Waals surface area contributed by atoms with E-state index in [1.165, 1.54) is 13.0 Å². The van der Waals surface area contributed by atoms with E-state index in [4.69, 9.17) is 4.74 Å². The van der Waals surface area contributed by atoms with E-state index in [9.17, 15) is 9.59 Å². The van der Waals surface area contributed by atoms with Crippen molar-refractivity contribution in [1.82, 2.24) is 24.6 Å². The van der Waals surface area contributed by atoms with Crippen molar-refractivity contribution in [1.29, 1.82) is 0 Å². The zero-order chi connectivity index (χ0) is 27.4. The molecule has 0 atom stereocenters. The summed E-state index contributed by atoms with van der Waals surface area (Å²) in [5, 5.41) is 10.7. The Labute approximate surface area is 222 Å². The summed E-state index contributed by atoms with van der Waals surface area (Å²) in [5.41, 5.74) is 4.48. The van der Waals surface area contributed by atoms with Crippen LogP contribution in [-0.4, -0.2) is 77.7 Å². The van der Waals surface area contributed by atoms with Crippen LogP contribution in [0.15, 0.2) is 37.1 Å². The number of methoxy groups -OCH3 is 1. The minimum Gasteiger partial charge on any atom is -0.494 e. The quantitative estimate of drug-likeness (QED) is 0.291. The van der Waals surface area contributed by atoms with Gasteiger partial charge in [-0.25, -0.2) is 9.67 Å². The van der Waals surface area contributed by atoms with Crippen LogP contribution in [0.25, 0.3) is 5.82 Å². The summed E-state index contributed by atoms with van der Waals surface area (Å²) < 4.78 is 7.42. The number of ketones is 1. The van der Waals surface area contributed by atoms with Crippen molar-refractivity contribution < 1.29 is 14.3 Å². The smallest absolute Gasteiger partial charge is 0.247 e. The predicted octanol–water partition coefficient (Wildman–Crippen LogP) is 3.23. The fraction of sp³-hybridized carbons (Fsp3) is 0.370. The van der Waals surface area contributed by atoms with E-state index in [0.29, 0.717) is 34.6 Å². The molecule has 0 aliphatic heterocycles. The van der Waals surface area contributed by atoms with Crippen LogP contribution in [0.3, 0.4) is 0 Å². The lowest BCUT2D eigenvalue weighted by Gasteiger charge is -2.26. The zero-order valence-corrected chi connectivity index (χ0v) is 22.5. The van der Waals surface area contributed by atoms with Gasteiger partial charge in [-0.15, -0.1) is 0 Å². The Balaban J connectivity index is 1.69. The third-order valence-corrected chi connectivity index (χ3v) is 6.42. The van der Waals surface area contributed by atoms with Crippen molar-refractivity contribution in [2.75, 3.05) is 56.9 Å². The molecule has 1 aromatic carbocycles. The average molecular weight is 519 g/mol. The van der Waals surface area contributed by atoms with Crippen LogP contribution in [0, 0.1) is 0 Å². The fourth-order valence-electron chi connectivity index (χ4n) is 4.46. The lowest BCUT2D eigenvalue weighted by molar-refractivity contribution is -0.111. The molecule has 1 aliphatic carbocycles. The van der Waals surface area contributed by atoms with Gasteiger partial charge in [-0.05, 0) is 45.5 Å². The number of nitrogens with one attached hydrogen (secondary N) is 2. The minimum atomic E-state index is -0.324. The molecular formula is C27H34N8O3. The highest BCUT2D eigenvalue weighted by Gasteiger charge is 2.26. The highest BCUT2D eigenvalue weighted by Crippen LogP contribution is 2.38. The number of ether oxygens (including phenoxy) is 1. The van der Waals surface area contributed by atoms with Gasteiger partial charge in [-0.2, -0.15) is 10.1 Å². The molecule has 0 bridgehead atoms. The fourth-order valence-corrected chi connectivity index (χ4v) is 4.46. The molecule has 0 radical (unpaired) electrons. The second kappa shape index (κ2) is 11.4. The molecule has 0 saturated heterocycles. The lowest BCUT2D eigenvalue weighted by atomic mass is 10.1. The van der Waals surface area contributed by atoms with E-state index in [-0.39, 0.29) is 11.7 Å². The minimum absolute atomic E-state index is 0.0521. The van der Waals surface area contributed by atoms with Crippen LogP contribution >= 0.6 is 0 Å². The molecule has 0 saturated carbocycles. The van der Waals surface area contributed by atoms with Gasteiger partial charge >= 0.3 is 0 Å². The molecule has 200 valence electrons. The Morgan fingerprint density at radius 1 is 1.18 bits per heavy atom. The summed E-state index contributed by atoms with van der Waals surface area (Å²) in [7, 11) is 7.56. The number of anilines is 4. The van der Waals surface area contributed by atoms with Gasteiger partial charge in [0.25, 0.3) is 0 Å². The number of carbonyl (C=O) groups excluding carboxylic acids is 2. The van der Waals surface area contributed by atoms with Crippen molar-refractivity contribution in [3.05, 3.63) is 54.0 Å². The number of aromatic nitrogens is 4. The first-order chi connectivity index (χ1) is 18.2. The highest BCUT2D eigenvalue weighted by atomic mass is 16.5. The molecule has 3 aromatic rings. The number of hydrogen-bond donors (Lipinski definition) is 2. The molecule has 0 fully saturated rings. The van der Waals surface area contributed by atoms with Crippen LogP contribution in [0.4, 0.5) is 23.0 Å². The Morgan fingerprint density at radius 2 is 1.97 bits per heavy atom. The first-order valence-electron chi connectivity index (χ1n) is 12.4. The molecule has 11 heteroatoms. The molecule has 2 heterocycles. The molecule has 1 aliphatic rings. The maximum atomic E-state index is 12.2. The number of carbonyl (C=O) groups is 2. The third-order valence-electron chi connectivity index (χ3n) is 6.42. The Morgan fingerprint density at radius 3 is 2.66 bits per heavy atom. The van der Waals surface area contributed by atoms with E-state index in [2.05, 4.69) is 37.2 Å². The normalized spacial score (nSPS) is 12.3. The SMILES string of the molecule is C=CC(=O)Nc1cc(Nc2nccc(-n3nc(C(C)=O)c4c3CCC4)n2)c(OC)cc1N(C)CCN(C)C. The number of rotatable bonds is 11. The summed E-state index contributed by atoms with van der Waals surface area (Å²) in [5.74, 6) is 1.06. The molecule has 11 nitrogen and oxygen atoms in total. The maximum Gasteiger partial charge on any atom is 0.247 e. The number of amides is 1. The van der Waals surface area contributed by atoms with Crippen LogP contribution in [0.1, 0.15) is 35.1 Å². The molecule has 0 spiro atoms. The zero-order valence-electron chi connectivity index (χ0n) is 22.5. The van der Waals surface area contributed by atoms with Crippen molar-refractivity contribution in [3.63, 3.8) is 0 Å². The molecule has 0 unspecified atom stereocenters. The summed E-state index contributed by atoms with van der Waals surface area (Å²) in [6, 6.07) is 5.41. The van der Waals surface area contributed by atoms with E-state index in [0.717, 1.165) is 49.3 Å². The Bertz CT molecular complexity index is 1360. The van der Waals surface area contributed by atoms with E-state index >= 15 is 0 Å². The third kappa shape index (κ3) is 5.67. The molecule has 2 N–H and O–H groups in total. The monoisotopic (exact) mass is 518 g/mol. The molecule has 1 amide bonds. The average Bonchev–Trinajstić information content (AvgIpc) is 3.50. The first-order valence-corrected chi connectivity index (χ1v) is 12.4. The second-order valence-corrected chi connectivity index (χ2v) is 9.45. The van der Waals surface area contributed by atoms with Gasteiger partial charge in [0.15, 0.2) is 11.6 Å². The second-order valence-electron chi connectivity index (χ2n) is 9.45. The van der Waals surface area contributed by atoms with Crippen molar-refractivity contribution in [2.24, 2.45) is 0 Å². The van der Waals surface area contributed by atoms with Gasteiger partial charge in [-0.1, -0.05) is 6.58 Å². The summed E-state index contributed by atoms with van der Waals surface area (Å²) in [6.07, 6.45) is 5.52. The van der Waals surface area contributed by atoms with Crippen molar-refractivity contribution >= 4 is 34.7 Å². The number of nitrogens with zero attached hydrogens (tertiary/aromatic N) is 6. The first kappa shape index (κ1) is 26.8. The van der Waals surface area contributed by atoms with E-state index < -0.39 is 0 Å². The maximum absolute atomic E-state index is 12.2. The van der Waals surface area contributed by atoms with Gasteiger partial charge in [-0.3, -0.25) is 9.59 Å². The Kier molecular flexibility index (Phi) is 8.06. The van der Waals surface area contributed by atoms with Crippen molar-refractivity contribution in [3.8, 4) is 11.6 Å². The molecule has 38 heavy (non-hydrogen) atoms. The summed E-state index contributed by atoms with van der Waals surface area (Å²) >= 11 is 0. The topological polar surface area (TPSA) is 118 Å². The standard InChI is InChI=1S/C27H34N8O3/c1-7-25(37)29-19-15-20(23(38-6)16-22(19)34(5)14-13-33(3)4)30-27-28-12-11-24(31-27)35-21-10-8-9-18(21)26(32-35)17(2)36/h7,11-12,15-16H,1,8-10,13-14H2,2-6H3,(H,29,37)(H,28,30,31). The summed E-state index contributed by atoms with van der Waals surface area (Å²) in [4.78, 5) is 37.5. The largest absolute Gasteiger partial charge is 0.494 e. The lowest BCUT2D eigenvalue weighted by Crippen LogP contribution is -2.29. The van der Waals surface area contributed by atoms with Gasteiger partial charge in [0.1, 0.15) is 11.4 Å². The van der Waals surface area contributed by atoms with Gasteiger partial charge in [0.05, 0.1) is 24.2 Å². The molecule has 2 aromatic heterocycles. The number of benzene rings is 1. The van der Waals surface area contributed by atoms with Crippen LogP contribution in [-0.2, 0) is 17.6 Å². The predicted molar refractivity (Wildman–Crippen MR) is 148 cm³/mol.